The Bertz CT molecular complexity index is 1240. The van der Waals surface area contributed by atoms with Crippen LogP contribution >= 0.6 is 0 Å². The molecule has 1 N–H and O–H groups in total. The van der Waals surface area contributed by atoms with Crippen molar-refractivity contribution < 1.29 is 13.6 Å². The van der Waals surface area contributed by atoms with Crippen molar-refractivity contribution in [3.8, 4) is 11.3 Å². The molecule has 0 aliphatic heterocycles. The first kappa shape index (κ1) is 20.7. The Morgan fingerprint density at radius 3 is 2.65 bits per heavy atom. The molecule has 0 aliphatic rings. The van der Waals surface area contributed by atoms with Crippen molar-refractivity contribution in [3.05, 3.63) is 83.7 Å². The van der Waals surface area contributed by atoms with Crippen LogP contribution in [0.2, 0.25) is 0 Å². The Hall–Kier alpha value is -3.61. The number of halogens is 2. The van der Waals surface area contributed by atoms with Gasteiger partial charge in [0, 0.05) is 22.7 Å². The van der Waals surface area contributed by atoms with Crippen LogP contribution in [0.25, 0.3) is 22.2 Å². The van der Waals surface area contributed by atoms with Gasteiger partial charge in [0.1, 0.15) is 6.54 Å². The molecule has 0 aliphatic carbocycles. The molecule has 4 aromatic rings. The largest absolute Gasteiger partial charge is 0.345 e. The zero-order chi connectivity index (χ0) is 22.0. The topological polar surface area (TPSA) is 59.8 Å². The zero-order valence-electron chi connectivity index (χ0n) is 17.2. The number of nitrogens with zero attached hydrogens (tertiary/aromatic N) is 3. The Balaban J connectivity index is 1.70. The zero-order valence-corrected chi connectivity index (χ0v) is 17.2. The molecule has 1 atom stereocenters. The predicted octanol–water partition coefficient (Wildman–Crippen LogP) is 5.16. The first-order valence-electron chi connectivity index (χ1n) is 9.99. The van der Waals surface area contributed by atoms with E-state index in [1.807, 2.05) is 62.4 Å². The molecule has 0 saturated heterocycles. The van der Waals surface area contributed by atoms with Gasteiger partial charge in [0.2, 0.25) is 0 Å². The van der Waals surface area contributed by atoms with Crippen molar-refractivity contribution in [2.75, 3.05) is 0 Å². The number of benzene rings is 2. The summed E-state index contributed by atoms with van der Waals surface area (Å²) in [5, 5.41) is 8.00. The lowest BCUT2D eigenvalue weighted by molar-refractivity contribution is 0.0939. The fourth-order valence-electron chi connectivity index (χ4n) is 3.63. The van der Waals surface area contributed by atoms with Gasteiger partial charge < -0.3 is 5.32 Å². The summed E-state index contributed by atoms with van der Waals surface area (Å²) in [6.45, 7) is 3.35. The van der Waals surface area contributed by atoms with Crippen molar-refractivity contribution >= 4 is 16.8 Å². The molecule has 0 spiro atoms. The number of fused-ring (bicyclic) bond motifs is 1. The molecule has 31 heavy (non-hydrogen) atoms. The highest BCUT2D eigenvalue weighted by atomic mass is 19.3. The van der Waals surface area contributed by atoms with E-state index in [4.69, 9.17) is 0 Å². The average Bonchev–Trinajstić information content (AvgIpc) is 3.21. The second-order valence-corrected chi connectivity index (χ2v) is 7.47. The smallest absolute Gasteiger partial charge is 0.257 e. The minimum Gasteiger partial charge on any atom is -0.345 e. The molecular formula is C24H22F2N4O. The number of para-hydroxylation sites is 1. The SMILES string of the molecule is Cc1ccccc1C(=O)NC(C)c1cc(-c2cnn(CC(F)F)c2)nc2ccccc12. The van der Waals surface area contributed by atoms with E-state index in [9.17, 15) is 13.6 Å². The van der Waals surface area contributed by atoms with Crippen molar-refractivity contribution in [1.82, 2.24) is 20.1 Å². The highest BCUT2D eigenvalue weighted by Gasteiger charge is 2.18. The van der Waals surface area contributed by atoms with Gasteiger partial charge in [-0.3, -0.25) is 9.48 Å². The first-order chi connectivity index (χ1) is 14.9. The highest BCUT2D eigenvalue weighted by molar-refractivity contribution is 5.96. The van der Waals surface area contributed by atoms with Crippen LogP contribution in [0.3, 0.4) is 0 Å². The number of rotatable bonds is 6. The summed E-state index contributed by atoms with van der Waals surface area (Å²) in [6, 6.07) is 16.7. The molecule has 2 heterocycles. The normalized spacial score (nSPS) is 12.3. The second kappa shape index (κ2) is 8.63. The number of pyridine rings is 1. The first-order valence-corrected chi connectivity index (χ1v) is 9.99. The van der Waals surface area contributed by atoms with Gasteiger partial charge >= 0.3 is 0 Å². The number of carbonyl (C=O) groups excluding carboxylic acids is 1. The maximum atomic E-state index is 12.8. The number of nitrogens with one attached hydrogen (secondary N) is 1. The van der Waals surface area contributed by atoms with Gasteiger partial charge in [0.25, 0.3) is 12.3 Å². The molecule has 5 nitrogen and oxygen atoms in total. The van der Waals surface area contributed by atoms with E-state index >= 15 is 0 Å². The van der Waals surface area contributed by atoms with Crippen LogP contribution in [-0.2, 0) is 6.54 Å². The summed E-state index contributed by atoms with van der Waals surface area (Å²) in [5.41, 5.74) is 4.44. The van der Waals surface area contributed by atoms with E-state index in [0.717, 1.165) is 22.0 Å². The molecule has 158 valence electrons. The van der Waals surface area contributed by atoms with Crippen molar-refractivity contribution in [1.29, 1.82) is 0 Å². The summed E-state index contributed by atoms with van der Waals surface area (Å²) in [6.07, 6.45) is 0.605. The van der Waals surface area contributed by atoms with Gasteiger partial charge in [-0.2, -0.15) is 5.10 Å². The lowest BCUT2D eigenvalue weighted by Gasteiger charge is -2.18. The number of alkyl halides is 2. The fourth-order valence-corrected chi connectivity index (χ4v) is 3.63. The number of amides is 1. The van der Waals surface area contributed by atoms with E-state index in [1.54, 1.807) is 12.3 Å². The van der Waals surface area contributed by atoms with Crippen LogP contribution < -0.4 is 5.32 Å². The van der Waals surface area contributed by atoms with Gasteiger partial charge in [0.15, 0.2) is 0 Å². The van der Waals surface area contributed by atoms with Gasteiger partial charge in [-0.1, -0.05) is 36.4 Å². The van der Waals surface area contributed by atoms with Crippen LogP contribution in [-0.4, -0.2) is 27.1 Å². The minimum atomic E-state index is -2.48. The van der Waals surface area contributed by atoms with Gasteiger partial charge in [-0.15, -0.1) is 0 Å². The Labute approximate surface area is 178 Å². The predicted molar refractivity (Wildman–Crippen MR) is 116 cm³/mol. The summed E-state index contributed by atoms with van der Waals surface area (Å²) in [4.78, 5) is 17.5. The van der Waals surface area contributed by atoms with E-state index in [-0.39, 0.29) is 11.9 Å². The number of hydrogen-bond acceptors (Lipinski definition) is 3. The summed E-state index contributed by atoms with van der Waals surface area (Å²) in [7, 11) is 0. The highest BCUT2D eigenvalue weighted by Crippen LogP contribution is 2.29. The molecule has 0 bridgehead atoms. The molecule has 2 aromatic heterocycles. The van der Waals surface area contributed by atoms with Crippen LogP contribution in [0, 0.1) is 6.92 Å². The standard InChI is InChI=1S/C24H22F2N4O/c1-15-7-3-4-8-18(15)24(31)28-16(2)20-11-22(29-21-10-6-5-9-19(20)21)17-12-27-30(13-17)14-23(25)26/h3-13,16,23H,14H2,1-2H3,(H,28,31). The number of hydrogen-bond donors (Lipinski definition) is 1. The van der Waals surface area contributed by atoms with E-state index in [2.05, 4.69) is 15.4 Å². The molecular weight excluding hydrogens is 398 g/mol. The van der Waals surface area contributed by atoms with Crippen LogP contribution in [0.15, 0.2) is 67.0 Å². The van der Waals surface area contributed by atoms with E-state index < -0.39 is 13.0 Å². The summed E-state index contributed by atoms with van der Waals surface area (Å²) in [5.74, 6) is -0.155. The monoisotopic (exact) mass is 420 g/mol. The minimum absolute atomic E-state index is 0.155. The Morgan fingerprint density at radius 1 is 1.13 bits per heavy atom. The van der Waals surface area contributed by atoms with E-state index in [1.165, 1.54) is 10.9 Å². The number of aryl methyl sites for hydroxylation is 1. The lowest BCUT2D eigenvalue weighted by atomic mass is 9.99. The Kier molecular flexibility index (Phi) is 5.75. The second-order valence-electron chi connectivity index (χ2n) is 7.47. The van der Waals surface area contributed by atoms with E-state index in [0.29, 0.717) is 16.8 Å². The summed E-state index contributed by atoms with van der Waals surface area (Å²) >= 11 is 0. The van der Waals surface area contributed by atoms with Crippen LogP contribution in [0.1, 0.15) is 34.5 Å². The van der Waals surface area contributed by atoms with Gasteiger partial charge in [-0.05, 0) is 43.2 Å². The quantitative estimate of drug-likeness (QED) is 0.469. The van der Waals surface area contributed by atoms with Crippen molar-refractivity contribution in [3.63, 3.8) is 0 Å². The molecule has 0 radical (unpaired) electrons. The molecule has 1 amide bonds. The number of carbonyl (C=O) groups is 1. The Morgan fingerprint density at radius 2 is 1.87 bits per heavy atom. The lowest BCUT2D eigenvalue weighted by Crippen LogP contribution is -2.27. The molecule has 0 fully saturated rings. The summed E-state index contributed by atoms with van der Waals surface area (Å²) < 4.78 is 26.6. The average molecular weight is 420 g/mol. The molecule has 2 aromatic carbocycles. The van der Waals surface area contributed by atoms with Crippen LogP contribution in [0.5, 0.6) is 0 Å². The van der Waals surface area contributed by atoms with Crippen molar-refractivity contribution in [2.24, 2.45) is 0 Å². The maximum Gasteiger partial charge on any atom is 0.257 e. The maximum absolute atomic E-state index is 12.8. The number of aromatic nitrogens is 3. The fraction of sp³-hybridized carbons (Fsp3) is 0.208. The molecule has 0 saturated carbocycles. The molecule has 4 rings (SSSR count). The van der Waals surface area contributed by atoms with Crippen molar-refractivity contribution in [2.45, 2.75) is 32.9 Å². The third-order valence-corrected chi connectivity index (χ3v) is 5.21. The molecule has 7 heteroatoms. The van der Waals surface area contributed by atoms with Gasteiger partial charge in [0.05, 0.1) is 23.4 Å². The third kappa shape index (κ3) is 4.45. The molecule has 1 unspecified atom stereocenters. The van der Waals surface area contributed by atoms with Gasteiger partial charge in [-0.25, -0.2) is 13.8 Å². The van der Waals surface area contributed by atoms with Crippen LogP contribution in [0.4, 0.5) is 8.78 Å². The third-order valence-electron chi connectivity index (χ3n) is 5.21.